The third kappa shape index (κ3) is 1.39. The van der Waals surface area contributed by atoms with Crippen molar-refractivity contribution in [3.63, 3.8) is 0 Å². The van der Waals surface area contributed by atoms with Crippen LogP contribution < -0.4 is 11.3 Å². The molecule has 1 saturated carbocycles. The first-order valence-corrected chi connectivity index (χ1v) is 5.87. The Labute approximate surface area is 100 Å². The quantitative estimate of drug-likeness (QED) is 0.834. The highest BCUT2D eigenvalue weighted by atomic mass is 79.9. The van der Waals surface area contributed by atoms with Crippen LogP contribution in [0.5, 0.6) is 0 Å². The molecule has 1 fully saturated rings. The van der Waals surface area contributed by atoms with Crippen molar-refractivity contribution in [3.05, 3.63) is 38.9 Å². The van der Waals surface area contributed by atoms with Gasteiger partial charge in [-0.05, 0) is 40.9 Å². The number of aromatic amines is 1. The van der Waals surface area contributed by atoms with Crippen molar-refractivity contribution in [1.82, 2.24) is 9.97 Å². The molecule has 0 saturated heterocycles. The van der Waals surface area contributed by atoms with Crippen LogP contribution in [-0.4, -0.2) is 9.97 Å². The van der Waals surface area contributed by atoms with E-state index < -0.39 is 5.54 Å². The summed E-state index contributed by atoms with van der Waals surface area (Å²) >= 11 is 3.40. The van der Waals surface area contributed by atoms with Crippen LogP contribution in [0.3, 0.4) is 0 Å². The molecule has 2 aromatic rings. The van der Waals surface area contributed by atoms with Crippen LogP contribution in [0.1, 0.15) is 18.7 Å². The molecule has 0 atom stereocenters. The summed E-state index contributed by atoms with van der Waals surface area (Å²) < 4.78 is 0.821. The highest BCUT2D eigenvalue weighted by Crippen LogP contribution is 2.40. The molecule has 0 aliphatic heterocycles. The van der Waals surface area contributed by atoms with Gasteiger partial charge in [-0.25, -0.2) is 4.98 Å². The van der Waals surface area contributed by atoms with Crippen molar-refractivity contribution in [2.24, 2.45) is 5.73 Å². The molecule has 0 amide bonds. The third-order valence-corrected chi connectivity index (χ3v) is 3.59. The minimum atomic E-state index is -0.414. The number of halogens is 1. The Kier molecular flexibility index (Phi) is 1.96. The first kappa shape index (κ1) is 9.99. The Balaban J connectivity index is 2.37. The second kappa shape index (κ2) is 3.15. The number of hydrogen-bond donors (Lipinski definition) is 2. The number of para-hydroxylation sites is 1. The second-order valence-electron chi connectivity index (χ2n) is 4.21. The van der Waals surface area contributed by atoms with Gasteiger partial charge in [0.05, 0.1) is 16.4 Å². The number of hydrogen-bond acceptors (Lipinski definition) is 3. The Morgan fingerprint density at radius 2 is 2.19 bits per heavy atom. The lowest BCUT2D eigenvalue weighted by Gasteiger charge is -2.09. The van der Waals surface area contributed by atoms with Gasteiger partial charge in [-0.3, -0.25) is 4.79 Å². The van der Waals surface area contributed by atoms with Gasteiger partial charge in [-0.2, -0.15) is 0 Å². The number of H-pyrrole nitrogens is 1. The predicted octanol–water partition coefficient (Wildman–Crippen LogP) is 1.63. The molecular weight excluding hydrogens is 270 g/mol. The van der Waals surface area contributed by atoms with E-state index in [1.54, 1.807) is 6.07 Å². The molecule has 1 aromatic carbocycles. The SMILES string of the molecule is NC1(c2nc3c(Br)cccc3c(=O)[nH]2)CC1. The number of rotatable bonds is 1. The van der Waals surface area contributed by atoms with E-state index in [2.05, 4.69) is 25.9 Å². The molecule has 1 aromatic heterocycles. The predicted molar refractivity (Wildman–Crippen MR) is 65.2 cm³/mol. The largest absolute Gasteiger partial charge is 0.319 e. The van der Waals surface area contributed by atoms with E-state index >= 15 is 0 Å². The van der Waals surface area contributed by atoms with E-state index in [0.717, 1.165) is 17.3 Å². The summed E-state index contributed by atoms with van der Waals surface area (Å²) in [6, 6.07) is 5.44. The zero-order chi connectivity index (χ0) is 11.3. The van der Waals surface area contributed by atoms with Crippen molar-refractivity contribution >= 4 is 26.8 Å². The van der Waals surface area contributed by atoms with E-state index in [1.807, 2.05) is 12.1 Å². The summed E-state index contributed by atoms with van der Waals surface area (Å²) in [6.45, 7) is 0. The standard InChI is InChI=1S/C11H10BrN3O/c12-7-3-1-2-6-8(7)14-10(15-9(6)16)11(13)4-5-11/h1-3H,4-5,13H2,(H,14,15,16). The van der Waals surface area contributed by atoms with Gasteiger partial charge in [0.25, 0.3) is 5.56 Å². The fraction of sp³-hybridized carbons (Fsp3) is 0.273. The number of nitrogens with two attached hydrogens (primary N) is 1. The van der Waals surface area contributed by atoms with Crippen LogP contribution in [-0.2, 0) is 5.54 Å². The maximum absolute atomic E-state index is 11.9. The van der Waals surface area contributed by atoms with Gasteiger partial charge >= 0.3 is 0 Å². The molecule has 4 nitrogen and oxygen atoms in total. The van der Waals surface area contributed by atoms with E-state index in [0.29, 0.717) is 16.7 Å². The molecule has 1 aliphatic carbocycles. The molecule has 0 unspecified atom stereocenters. The smallest absolute Gasteiger partial charge is 0.258 e. The van der Waals surface area contributed by atoms with Crippen molar-refractivity contribution < 1.29 is 0 Å². The van der Waals surface area contributed by atoms with Crippen LogP contribution in [0.25, 0.3) is 10.9 Å². The minimum Gasteiger partial charge on any atom is -0.319 e. The third-order valence-electron chi connectivity index (χ3n) is 2.95. The summed E-state index contributed by atoms with van der Waals surface area (Å²) in [5.41, 5.74) is 6.17. The van der Waals surface area contributed by atoms with Gasteiger partial charge in [0.15, 0.2) is 0 Å². The molecule has 5 heteroatoms. The second-order valence-corrected chi connectivity index (χ2v) is 5.06. The molecule has 3 rings (SSSR count). The molecule has 1 heterocycles. The van der Waals surface area contributed by atoms with E-state index in [4.69, 9.17) is 5.73 Å². The van der Waals surface area contributed by atoms with Crippen LogP contribution in [0, 0.1) is 0 Å². The van der Waals surface area contributed by atoms with Crippen molar-refractivity contribution in [3.8, 4) is 0 Å². The van der Waals surface area contributed by atoms with Crippen LogP contribution in [0.4, 0.5) is 0 Å². The number of aromatic nitrogens is 2. The lowest BCUT2D eigenvalue weighted by atomic mass is 10.2. The van der Waals surface area contributed by atoms with Gasteiger partial charge < -0.3 is 10.7 Å². The van der Waals surface area contributed by atoms with Crippen LogP contribution >= 0.6 is 15.9 Å². The Bertz CT molecular complexity index is 631. The van der Waals surface area contributed by atoms with Crippen molar-refractivity contribution in [2.75, 3.05) is 0 Å². The molecule has 3 N–H and O–H groups in total. The molecular formula is C11H10BrN3O. The Morgan fingerprint density at radius 1 is 1.44 bits per heavy atom. The number of fused-ring (bicyclic) bond motifs is 1. The summed E-state index contributed by atoms with van der Waals surface area (Å²) in [7, 11) is 0. The minimum absolute atomic E-state index is 0.127. The maximum atomic E-state index is 11.9. The number of nitrogens with one attached hydrogen (secondary N) is 1. The molecule has 16 heavy (non-hydrogen) atoms. The molecule has 0 spiro atoms. The number of nitrogens with zero attached hydrogens (tertiary/aromatic N) is 1. The summed E-state index contributed by atoms with van der Waals surface area (Å²) in [6.07, 6.45) is 1.76. The maximum Gasteiger partial charge on any atom is 0.258 e. The molecule has 0 radical (unpaired) electrons. The normalized spacial score (nSPS) is 17.6. The average Bonchev–Trinajstić information content (AvgIpc) is 2.99. The summed E-state index contributed by atoms with van der Waals surface area (Å²) in [5.74, 6) is 0.594. The fourth-order valence-corrected chi connectivity index (χ4v) is 2.19. The van der Waals surface area contributed by atoms with E-state index in [1.165, 1.54) is 0 Å². The first-order chi connectivity index (χ1) is 7.60. The average molecular weight is 280 g/mol. The van der Waals surface area contributed by atoms with Crippen LogP contribution in [0.2, 0.25) is 0 Å². The first-order valence-electron chi connectivity index (χ1n) is 5.08. The molecule has 82 valence electrons. The highest BCUT2D eigenvalue weighted by Gasteiger charge is 2.42. The van der Waals surface area contributed by atoms with Gasteiger partial charge in [-0.1, -0.05) is 6.07 Å². The monoisotopic (exact) mass is 279 g/mol. The lowest BCUT2D eigenvalue weighted by molar-refractivity contribution is 0.673. The Hall–Kier alpha value is -1.20. The molecule has 0 bridgehead atoms. The highest BCUT2D eigenvalue weighted by molar-refractivity contribution is 9.10. The molecule has 1 aliphatic rings. The zero-order valence-electron chi connectivity index (χ0n) is 8.46. The van der Waals surface area contributed by atoms with Gasteiger partial charge in [0.1, 0.15) is 5.82 Å². The summed E-state index contributed by atoms with van der Waals surface area (Å²) in [4.78, 5) is 19.1. The van der Waals surface area contributed by atoms with Gasteiger partial charge in [-0.15, -0.1) is 0 Å². The van der Waals surface area contributed by atoms with Crippen LogP contribution in [0.15, 0.2) is 27.5 Å². The lowest BCUT2D eigenvalue weighted by Crippen LogP contribution is -2.26. The fourth-order valence-electron chi connectivity index (χ4n) is 1.73. The van der Waals surface area contributed by atoms with E-state index in [-0.39, 0.29) is 5.56 Å². The van der Waals surface area contributed by atoms with Crippen molar-refractivity contribution in [1.29, 1.82) is 0 Å². The Morgan fingerprint density at radius 3 is 2.88 bits per heavy atom. The van der Waals surface area contributed by atoms with E-state index in [9.17, 15) is 4.79 Å². The zero-order valence-corrected chi connectivity index (χ0v) is 10.0. The van der Waals surface area contributed by atoms with Crippen molar-refractivity contribution in [2.45, 2.75) is 18.4 Å². The van der Waals surface area contributed by atoms with Gasteiger partial charge in [0.2, 0.25) is 0 Å². The topological polar surface area (TPSA) is 71.8 Å². The van der Waals surface area contributed by atoms with Gasteiger partial charge in [0, 0.05) is 4.47 Å². The summed E-state index contributed by atoms with van der Waals surface area (Å²) in [5, 5.41) is 0.586. The number of benzene rings is 1.